The highest BCUT2D eigenvalue weighted by atomic mass is 19.3. The lowest BCUT2D eigenvalue weighted by atomic mass is 9.90. The molecule has 0 unspecified atom stereocenters. The summed E-state index contributed by atoms with van der Waals surface area (Å²) in [5.41, 5.74) is -0.802. The van der Waals surface area contributed by atoms with Crippen LogP contribution < -0.4 is 5.56 Å². The molecule has 1 aromatic heterocycles. The van der Waals surface area contributed by atoms with Gasteiger partial charge in [-0.25, -0.2) is 13.8 Å². The van der Waals surface area contributed by atoms with Crippen molar-refractivity contribution in [3.8, 4) is 0 Å². The van der Waals surface area contributed by atoms with Gasteiger partial charge in [-0.15, -0.1) is 0 Å². The van der Waals surface area contributed by atoms with Crippen molar-refractivity contribution in [3.63, 3.8) is 0 Å². The van der Waals surface area contributed by atoms with Gasteiger partial charge < -0.3 is 4.90 Å². The van der Waals surface area contributed by atoms with Gasteiger partial charge >= 0.3 is 0 Å². The largest absolute Gasteiger partial charge is 0.300 e. The van der Waals surface area contributed by atoms with Crippen LogP contribution in [0, 0.1) is 5.92 Å². The fraction of sp³-hybridized carbons (Fsp3) is 0.765. The quantitative estimate of drug-likeness (QED) is 0.853. The number of alkyl halides is 2. The van der Waals surface area contributed by atoms with Gasteiger partial charge in [0.2, 0.25) is 0 Å². The molecule has 2 fully saturated rings. The third-order valence-electron chi connectivity index (χ3n) is 5.32. The van der Waals surface area contributed by atoms with Crippen LogP contribution in [0.3, 0.4) is 0 Å². The zero-order valence-corrected chi connectivity index (χ0v) is 13.5. The third kappa shape index (κ3) is 4.16. The Morgan fingerprint density at radius 2 is 1.83 bits per heavy atom. The van der Waals surface area contributed by atoms with Crippen LogP contribution in [0.1, 0.15) is 57.1 Å². The summed E-state index contributed by atoms with van der Waals surface area (Å²) < 4.78 is 26.6. The van der Waals surface area contributed by atoms with E-state index in [2.05, 4.69) is 9.88 Å². The van der Waals surface area contributed by atoms with Gasteiger partial charge in [-0.05, 0) is 44.7 Å². The minimum absolute atomic E-state index is 0.370. The average Bonchev–Trinajstić information content (AvgIpc) is 2.58. The van der Waals surface area contributed by atoms with Crippen molar-refractivity contribution in [2.45, 2.75) is 64.0 Å². The van der Waals surface area contributed by atoms with Crippen LogP contribution in [0.2, 0.25) is 0 Å². The maximum absolute atomic E-state index is 12.5. The van der Waals surface area contributed by atoms with E-state index in [1.165, 1.54) is 43.0 Å². The second-order valence-corrected chi connectivity index (χ2v) is 6.88. The average molecular weight is 325 g/mol. The van der Waals surface area contributed by atoms with E-state index in [4.69, 9.17) is 0 Å². The van der Waals surface area contributed by atoms with Gasteiger partial charge in [0.15, 0.2) is 0 Å². The van der Waals surface area contributed by atoms with Crippen LogP contribution in [0.25, 0.3) is 0 Å². The second kappa shape index (κ2) is 7.51. The number of nitrogens with zero attached hydrogens (tertiary/aromatic N) is 3. The summed E-state index contributed by atoms with van der Waals surface area (Å²) in [6.07, 6.45) is 7.45. The summed E-state index contributed by atoms with van der Waals surface area (Å²) in [7, 11) is 0. The normalized spacial score (nSPS) is 21.9. The van der Waals surface area contributed by atoms with E-state index >= 15 is 0 Å². The summed E-state index contributed by atoms with van der Waals surface area (Å²) in [6.45, 7) is 2.77. The molecule has 0 atom stereocenters. The van der Waals surface area contributed by atoms with Crippen LogP contribution in [0.15, 0.2) is 17.2 Å². The fourth-order valence-electron chi connectivity index (χ4n) is 3.92. The molecule has 6 heteroatoms. The molecule has 1 aliphatic heterocycles. The number of rotatable bonds is 4. The lowest BCUT2D eigenvalue weighted by Gasteiger charge is -2.39. The first-order chi connectivity index (χ1) is 11.1. The molecule has 1 saturated carbocycles. The number of hydrogen-bond acceptors (Lipinski definition) is 3. The molecule has 0 amide bonds. The van der Waals surface area contributed by atoms with Crippen molar-refractivity contribution >= 4 is 0 Å². The Hall–Kier alpha value is -1.30. The molecule has 3 rings (SSSR count). The Balaban J connectivity index is 1.53. The number of halogens is 2. The van der Waals surface area contributed by atoms with E-state index in [1.54, 1.807) is 0 Å². The lowest BCUT2D eigenvalue weighted by molar-refractivity contribution is 0.101. The third-order valence-corrected chi connectivity index (χ3v) is 5.32. The fourth-order valence-corrected chi connectivity index (χ4v) is 3.92. The molecule has 128 valence electrons. The van der Waals surface area contributed by atoms with Gasteiger partial charge in [-0.2, -0.15) is 0 Å². The van der Waals surface area contributed by atoms with Crippen molar-refractivity contribution in [2.75, 3.05) is 13.1 Å². The molecule has 23 heavy (non-hydrogen) atoms. The molecule has 2 heterocycles. The number of hydrogen-bond donors (Lipinski definition) is 0. The Morgan fingerprint density at radius 3 is 2.43 bits per heavy atom. The van der Waals surface area contributed by atoms with Crippen LogP contribution in [-0.2, 0) is 6.54 Å². The van der Waals surface area contributed by atoms with Crippen molar-refractivity contribution in [2.24, 2.45) is 5.92 Å². The lowest BCUT2D eigenvalue weighted by Crippen LogP contribution is -2.43. The topological polar surface area (TPSA) is 38.1 Å². The van der Waals surface area contributed by atoms with Gasteiger partial charge in [0.25, 0.3) is 12.0 Å². The van der Waals surface area contributed by atoms with Crippen molar-refractivity contribution in [1.82, 2.24) is 14.5 Å². The highest BCUT2D eigenvalue weighted by Gasteiger charge is 2.26. The van der Waals surface area contributed by atoms with E-state index in [1.807, 2.05) is 0 Å². The Labute approximate surface area is 135 Å². The molecule has 0 N–H and O–H groups in total. The first-order valence-corrected chi connectivity index (χ1v) is 8.72. The smallest absolute Gasteiger partial charge is 0.280 e. The standard InChI is InChI=1S/C17H25F2N3O/c18-17(19)15-10-16(23)22(12-20-15)11-13-6-8-21(9-7-13)14-4-2-1-3-5-14/h10,12-14,17H,1-9,11H2. The predicted molar refractivity (Wildman–Crippen MR) is 84.6 cm³/mol. The van der Waals surface area contributed by atoms with Gasteiger partial charge in [-0.3, -0.25) is 9.36 Å². The molecular weight excluding hydrogens is 300 g/mol. The molecule has 1 saturated heterocycles. The Bertz CT molecular complexity index is 561. The molecule has 4 nitrogen and oxygen atoms in total. The van der Waals surface area contributed by atoms with Crippen molar-refractivity contribution < 1.29 is 8.78 Å². The summed E-state index contributed by atoms with van der Waals surface area (Å²) in [5.74, 6) is 0.437. The van der Waals surface area contributed by atoms with E-state index in [0.717, 1.165) is 38.0 Å². The van der Waals surface area contributed by atoms with Gasteiger partial charge in [-0.1, -0.05) is 19.3 Å². The number of piperidine rings is 1. The maximum atomic E-state index is 12.5. The molecule has 0 bridgehead atoms. The molecule has 0 radical (unpaired) electrons. The molecular formula is C17H25F2N3O. The molecule has 0 aromatic carbocycles. The van der Waals surface area contributed by atoms with Crippen LogP contribution in [0.4, 0.5) is 8.78 Å². The Morgan fingerprint density at radius 1 is 1.13 bits per heavy atom. The Kier molecular flexibility index (Phi) is 5.41. The van der Waals surface area contributed by atoms with E-state index in [9.17, 15) is 13.6 Å². The highest BCUT2D eigenvalue weighted by molar-refractivity contribution is 5.01. The minimum atomic E-state index is -2.68. The first-order valence-electron chi connectivity index (χ1n) is 8.72. The number of aromatic nitrogens is 2. The maximum Gasteiger partial charge on any atom is 0.280 e. The van der Waals surface area contributed by atoms with Crippen molar-refractivity contribution in [3.05, 3.63) is 28.4 Å². The predicted octanol–water partition coefficient (Wildman–Crippen LogP) is 3.23. The summed E-state index contributed by atoms with van der Waals surface area (Å²) >= 11 is 0. The zero-order chi connectivity index (χ0) is 16.2. The minimum Gasteiger partial charge on any atom is -0.300 e. The van der Waals surface area contributed by atoms with E-state index in [-0.39, 0.29) is 5.56 Å². The summed E-state index contributed by atoms with van der Waals surface area (Å²) in [6, 6.07) is 1.71. The van der Waals surface area contributed by atoms with E-state index in [0.29, 0.717) is 12.5 Å². The van der Waals surface area contributed by atoms with E-state index < -0.39 is 12.1 Å². The number of likely N-dealkylation sites (tertiary alicyclic amines) is 1. The molecule has 1 aliphatic carbocycles. The monoisotopic (exact) mass is 325 g/mol. The molecule has 1 aromatic rings. The molecule has 0 spiro atoms. The SMILES string of the molecule is O=c1cc(C(F)F)ncn1CC1CCN(C2CCCCC2)CC1. The van der Waals surface area contributed by atoms with Crippen LogP contribution >= 0.6 is 0 Å². The van der Waals surface area contributed by atoms with Crippen molar-refractivity contribution in [1.29, 1.82) is 0 Å². The highest BCUT2D eigenvalue weighted by Crippen LogP contribution is 2.27. The molecule has 2 aliphatic rings. The van der Waals surface area contributed by atoms with Crippen LogP contribution in [-0.4, -0.2) is 33.6 Å². The second-order valence-electron chi connectivity index (χ2n) is 6.88. The van der Waals surface area contributed by atoms with Gasteiger partial charge in [0, 0.05) is 18.7 Å². The van der Waals surface area contributed by atoms with Gasteiger partial charge in [0.05, 0.1) is 6.33 Å². The first kappa shape index (κ1) is 16.6. The van der Waals surface area contributed by atoms with Gasteiger partial charge in [0.1, 0.15) is 5.69 Å². The van der Waals surface area contributed by atoms with Crippen LogP contribution in [0.5, 0.6) is 0 Å². The summed E-state index contributed by atoms with van der Waals surface area (Å²) in [4.78, 5) is 18.2. The zero-order valence-electron chi connectivity index (χ0n) is 13.5. The summed E-state index contributed by atoms with van der Waals surface area (Å²) in [5, 5.41) is 0.